The summed E-state index contributed by atoms with van der Waals surface area (Å²) in [7, 11) is 3.53. The normalized spacial score (nSPS) is 14.8. The van der Waals surface area contributed by atoms with Crippen molar-refractivity contribution in [2.24, 2.45) is 11.7 Å². The Kier molecular flexibility index (Phi) is 3.87. The number of rotatable bonds is 4. The van der Waals surface area contributed by atoms with E-state index in [-0.39, 0.29) is 11.8 Å². The average molecular weight is 248 g/mol. The fraction of sp³-hybridized carbons (Fsp3) is 0.500. The number of hydrogen-bond acceptors (Lipinski definition) is 3. The molecule has 0 bridgehead atoms. The highest BCUT2D eigenvalue weighted by atomic mass is 16.5. The van der Waals surface area contributed by atoms with E-state index in [0.717, 1.165) is 24.3 Å². The van der Waals surface area contributed by atoms with Crippen LogP contribution in [0.4, 0.5) is 0 Å². The summed E-state index contributed by atoms with van der Waals surface area (Å²) in [6.07, 6.45) is 1.65. The Balaban J connectivity index is 2.10. The summed E-state index contributed by atoms with van der Waals surface area (Å²) in [6.45, 7) is 1.14. The standard InChI is InChI=1S/C14H20N2O2/c1-16(2)14(17)12(9-15)8-10-3-4-13-11(7-10)5-6-18-13/h3-4,7,12H,5-6,8-9,15H2,1-2H3. The summed E-state index contributed by atoms with van der Waals surface area (Å²) >= 11 is 0. The summed E-state index contributed by atoms with van der Waals surface area (Å²) in [5.74, 6) is 0.927. The Morgan fingerprint density at radius 2 is 2.28 bits per heavy atom. The summed E-state index contributed by atoms with van der Waals surface area (Å²) in [4.78, 5) is 13.5. The fourth-order valence-electron chi connectivity index (χ4n) is 2.29. The van der Waals surface area contributed by atoms with Gasteiger partial charge >= 0.3 is 0 Å². The Morgan fingerprint density at radius 3 is 2.94 bits per heavy atom. The Labute approximate surface area is 108 Å². The third-order valence-electron chi connectivity index (χ3n) is 3.31. The van der Waals surface area contributed by atoms with Crippen LogP contribution in [0, 0.1) is 5.92 Å². The molecule has 0 saturated carbocycles. The highest BCUT2D eigenvalue weighted by molar-refractivity contribution is 5.78. The van der Waals surface area contributed by atoms with Gasteiger partial charge in [-0.25, -0.2) is 0 Å². The quantitative estimate of drug-likeness (QED) is 0.858. The molecule has 0 fully saturated rings. The molecule has 0 saturated heterocycles. The molecule has 1 amide bonds. The lowest BCUT2D eigenvalue weighted by molar-refractivity contribution is -0.132. The van der Waals surface area contributed by atoms with Crippen molar-refractivity contribution in [1.29, 1.82) is 0 Å². The van der Waals surface area contributed by atoms with Crippen molar-refractivity contribution < 1.29 is 9.53 Å². The molecule has 4 nitrogen and oxygen atoms in total. The second-order valence-corrected chi connectivity index (χ2v) is 4.91. The van der Waals surface area contributed by atoms with Crippen LogP contribution in [0.25, 0.3) is 0 Å². The van der Waals surface area contributed by atoms with Crippen molar-refractivity contribution in [3.8, 4) is 5.75 Å². The van der Waals surface area contributed by atoms with Crippen molar-refractivity contribution >= 4 is 5.91 Å². The van der Waals surface area contributed by atoms with Crippen molar-refractivity contribution in [1.82, 2.24) is 4.90 Å². The van der Waals surface area contributed by atoms with E-state index in [0.29, 0.717) is 13.0 Å². The van der Waals surface area contributed by atoms with E-state index < -0.39 is 0 Å². The average Bonchev–Trinajstić information content (AvgIpc) is 2.82. The van der Waals surface area contributed by atoms with E-state index in [1.54, 1.807) is 19.0 Å². The minimum absolute atomic E-state index is 0.0919. The molecule has 4 heteroatoms. The van der Waals surface area contributed by atoms with Crippen LogP contribution in [0.15, 0.2) is 18.2 Å². The molecule has 0 aromatic heterocycles. The molecule has 0 radical (unpaired) electrons. The molecule has 1 unspecified atom stereocenters. The highest BCUT2D eigenvalue weighted by Gasteiger charge is 2.20. The molecule has 0 spiro atoms. The first-order valence-electron chi connectivity index (χ1n) is 6.27. The number of nitrogens with two attached hydrogens (primary N) is 1. The van der Waals surface area contributed by atoms with Crippen molar-refractivity contribution in [2.45, 2.75) is 12.8 Å². The topological polar surface area (TPSA) is 55.6 Å². The molecule has 1 atom stereocenters. The third kappa shape index (κ3) is 2.64. The smallest absolute Gasteiger partial charge is 0.226 e. The molecule has 2 rings (SSSR count). The van der Waals surface area contributed by atoms with Crippen molar-refractivity contribution in [3.05, 3.63) is 29.3 Å². The summed E-state index contributed by atoms with van der Waals surface area (Å²) in [5.41, 5.74) is 8.09. The largest absolute Gasteiger partial charge is 0.493 e. The zero-order chi connectivity index (χ0) is 13.1. The minimum Gasteiger partial charge on any atom is -0.493 e. The lowest BCUT2D eigenvalue weighted by Crippen LogP contribution is -2.35. The van der Waals surface area contributed by atoms with Crippen LogP contribution < -0.4 is 10.5 Å². The van der Waals surface area contributed by atoms with Gasteiger partial charge in [-0.3, -0.25) is 4.79 Å². The molecule has 2 N–H and O–H groups in total. The number of amides is 1. The number of carbonyl (C=O) groups is 1. The van der Waals surface area contributed by atoms with E-state index >= 15 is 0 Å². The van der Waals surface area contributed by atoms with E-state index in [2.05, 4.69) is 6.07 Å². The first-order chi connectivity index (χ1) is 8.61. The lowest BCUT2D eigenvalue weighted by atomic mass is 9.96. The van der Waals surface area contributed by atoms with Crippen molar-refractivity contribution in [2.75, 3.05) is 27.2 Å². The number of fused-ring (bicyclic) bond motifs is 1. The van der Waals surface area contributed by atoms with Crippen molar-refractivity contribution in [3.63, 3.8) is 0 Å². The zero-order valence-corrected chi connectivity index (χ0v) is 11.0. The molecule has 1 heterocycles. The SMILES string of the molecule is CN(C)C(=O)C(CN)Cc1ccc2c(c1)CCO2. The Bertz CT molecular complexity index is 443. The fourth-order valence-corrected chi connectivity index (χ4v) is 2.29. The van der Waals surface area contributed by atoms with Gasteiger partial charge in [0.05, 0.1) is 12.5 Å². The van der Waals surface area contributed by atoms with Gasteiger partial charge in [-0.05, 0) is 23.6 Å². The lowest BCUT2D eigenvalue weighted by Gasteiger charge is -2.19. The van der Waals surface area contributed by atoms with Gasteiger partial charge in [0.15, 0.2) is 0 Å². The molecule has 1 aromatic carbocycles. The van der Waals surface area contributed by atoms with Gasteiger partial charge in [-0.2, -0.15) is 0 Å². The first-order valence-corrected chi connectivity index (χ1v) is 6.27. The number of benzene rings is 1. The molecule has 98 valence electrons. The van der Waals surface area contributed by atoms with Crippen LogP contribution in [0.1, 0.15) is 11.1 Å². The monoisotopic (exact) mass is 248 g/mol. The second-order valence-electron chi connectivity index (χ2n) is 4.91. The van der Waals surface area contributed by atoms with Crippen LogP contribution in [0.5, 0.6) is 5.75 Å². The Hall–Kier alpha value is -1.55. The minimum atomic E-state index is -0.139. The van der Waals surface area contributed by atoms with Gasteiger partial charge in [-0.1, -0.05) is 12.1 Å². The van der Waals surface area contributed by atoms with Crippen LogP contribution >= 0.6 is 0 Å². The van der Waals surface area contributed by atoms with Gasteiger partial charge in [0.2, 0.25) is 5.91 Å². The summed E-state index contributed by atoms with van der Waals surface area (Å²) < 4.78 is 5.47. The number of ether oxygens (including phenoxy) is 1. The van der Waals surface area contributed by atoms with Crippen LogP contribution in [0.2, 0.25) is 0 Å². The van der Waals surface area contributed by atoms with Gasteiger partial charge in [-0.15, -0.1) is 0 Å². The van der Waals surface area contributed by atoms with Crippen LogP contribution in [-0.2, 0) is 17.6 Å². The predicted octanol–water partition coefficient (Wildman–Crippen LogP) is 0.827. The van der Waals surface area contributed by atoms with E-state index in [4.69, 9.17) is 10.5 Å². The maximum absolute atomic E-state index is 11.9. The first kappa shape index (κ1) is 12.9. The van der Waals surface area contributed by atoms with Crippen LogP contribution in [0.3, 0.4) is 0 Å². The summed E-state index contributed by atoms with van der Waals surface area (Å²) in [5, 5.41) is 0. The molecule has 0 aliphatic carbocycles. The molecular weight excluding hydrogens is 228 g/mol. The van der Waals surface area contributed by atoms with E-state index in [1.807, 2.05) is 12.1 Å². The zero-order valence-electron chi connectivity index (χ0n) is 11.0. The summed E-state index contributed by atoms with van der Waals surface area (Å²) in [6, 6.07) is 6.15. The van der Waals surface area contributed by atoms with Crippen LogP contribution in [-0.4, -0.2) is 38.1 Å². The Morgan fingerprint density at radius 1 is 1.50 bits per heavy atom. The maximum atomic E-state index is 11.9. The maximum Gasteiger partial charge on any atom is 0.226 e. The van der Waals surface area contributed by atoms with Gasteiger partial charge in [0, 0.05) is 27.1 Å². The highest BCUT2D eigenvalue weighted by Crippen LogP contribution is 2.26. The molecule has 18 heavy (non-hydrogen) atoms. The number of nitrogens with zero attached hydrogens (tertiary/aromatic N) is 1. The molecule has 1 aliphatic rings. The van der Waals surface area contributed by atoms with Gasteiger partial charge in [0.1, 0.15) is 5.75 Å². The second kappa shape index (κ2) is 5.40. The molecule has 1 aromatic rings. The van der Waals surface area contributed by atoms with E-state index in [1.165, 1.54) is 5.56 Å². The third-order valence-corrected chi connectivity index (χ3v) is 3.31. The number of hydrogen-bond donors (Lipinski definition) is 1. The predicted molar refractivity (Wildman–Crippen MR) is 70.6 cm³/mol. The van der Waals surface area contributed by atoms with Gasteiger partial charge in [0.25, 0.3) is 0 Å². The molecule has 1 aliphatic heterocycles. The molecular formula is C14H20N2O2. The van der Waals surface area contributed by atoms with E-state index in [9.17, 15) is 4.79 Å². The van der Waals surface area contributed by atoms with Gasteiger partial charge < -0.3 is 15.4 Å². The number of carbonyl (C=O) groups excluding carboxylic acids is 1.